The number of halogens is 1. The van der Waals surface area contributed by atoms with Gasteiger partial charge in [-0.1, -0.05) is 37.4 Å². The highest BCUT2D eigenvalue weighted by Crippen LogP contribution is 2.10. The third kappa shape index (κ3) is 4.03. The Morgan fingerprint density at radius 2 is 1.89 bits per heavy atom. The number of nitrogens with zero attached hydrogens (tertiary/aromatic N) is 1. The van der Waals surface area contributed by atoms with Crippen molar-refractivity contribution < 1.29 is 9.18 Å². The zero-order valence-corrected chi connectivity index (χ0v) is 10.7. The molecule has 0 spiro atoms. The van der Waals surface area contributed by atoms with E-state index in [1.54, 1.807) is 31.2 Å². The molecule has 1 aromatic carbocycles. The molecule has 0 saturated carbocycles. The standard InChI is InChI=1S/C15H15FN2O/c1-4-13(14(16)5-2)11(3)17-18-15(19)12-9-7-6-8-10-12/h4-10H,1-2H2,3H3,(H,18,19)/b14-13-,17-11+. The number of nitrogens with one attached hydrogen (secondary N) is 1. The summed E-state index contributed by atoms with van der Waals surface area (Å²) in [6.45, 7) is 8.40. The highest BCUT2D eigenvalue weighted by molar-refractivity contribution is 6.02. The second kappa shape index (κ2) is 7.06. The lowest BCUT2D eigenvalue weighted by Gasteiger charge is -2.04. The Labute approximate surface area is 111 Å². The van der Waals surface area contributed by atoms with Crippen LogP contribution in [-0.2, 0) is 0 Å². The summed E-state index contributed by atoms with van der Waals surface area (Å²) in [7, 11) is 0. The quantitative estimate of drug-likeness (QED) is 0.491. The van der Waals surface area contributed by atoms with Gasteiger partial charge in [-0.05, 0) is 25.1 Å². The summed E-state index contributed by atoms with van der Waals surface area (Å²) < 4.78 is 13.4. The van der Waals surface area contributed by atoms with E-state index in [2.05, 4.69) is 23.7 Å². The van der Waals surface area contributed by atoms with E-state index in [9.17, 15) is 9.18 Å². The summed E-state index contributed by atoms with van der Waals surface area (Å²) in [6.07, 6.45) is 2.39. The number of benzene rings is 1. The van der Waals surface area contributed by atoms with E-state index < -0.39 is 5.83 Å². The third-order valence-corrected chi connectivity index (χ3v) is 2.39. The first-order valence-corrected chi connectivity index (χ1v) is 5.64. The van der Waals surface area contributed by atoms with Gasteiger partial charge in [-0.25, -0.2) is 9.82 Å². The minimum absolute atomic E-state index is 0.198. The third-order valence-electron chi connectivity index (χ3n) is 2.39. The Morgan fingerprint density at radius 1 is 1.26 bits per heavy atom. The fourth-order valence-corrected chi connectivity index (χ4v) is 1.38. The largest absolute Gasteiger partial charge is 0.271 e. The van der Waals surface area contributed by atoms with Crippen molar-refractivity contribution in [2.24, 2.45) is 5.10 Å². The zero-order valence-electron chi connectivity index (χ0n) is 10.7. The Kier molecular flexibility index (Phi) is 5.41. The van der Waals surface area contributed by atoms with Crippen LogP contribution in [0.4, 0.5) is 4.39 Å². The van der Waals surface area contributed by atoms with E-state index in [0.29, 0.717) is 11.3 Å². The summed E-state index contributed by atoms with van der Waals surface area (Å²) in [5.74, 6) is -0.896. The Bertz CT molecular complexity index is 545. The van der Waals surface area contributed by atoms with Gasteiger partial charge in [-0.15, -0.1) is 0 Å². The SMILES string of the molecule is C=C/C(F)=C(C=C)/C(C)=N/NC(=O)c1ccccc1. The molecule has 98 valence electrons. The fourth-order valence-electron chi connectivity index (χ4n) is 1.38. The number of hydrazone groups is 1. The molecule has 0 unspecified atom stereocenters. The van der Waals surface area contributed by atoms with Crippen molar-refractivity contribution in [3.8, 4) is 0 Å². The van der Waals surface area contributed by atoms with Crippen molar-refractivity contribution in [3.63, 3.8) is 0 Å². The summed E-state index contributed by atoms with van der Waals surface area (Å²) in [5.41, 5.74) is 3.35. The molecule has 0 aliphatic carbocycles. The van der Waals surface area contributed by atoms with Gasteiger partial charge in [0.1, 0.15) is 5.83 Å². The van der Waals surface area contributed by atoms with Gasteiger partial charge in [-0.2, -0.15) is 5.10 Å². The molecule has 1 rings (SSSR count). The van der Waals surface area contributed by atoms with Crippen LogP contribution in [0.25, 0.3) is 0 Å². The van der Waals surface area contributed by atoms with E-state index in [4.69, 9.17) is 0 Å². The van der Waals surface area contributed by atoms with Crippen LogP contribution in [0.3, 0.4) is 0 Å². The summed E-state index contributed by atoms with van der Waals surface area (Å²) >= 11 is 0. The predicted molar refractivity (Wildman–Crippen MR) is 75.5 cm³/mol. The number of amides is 1. The lowest BCUT2D eigenvalue weighted by Crippen LogP contribution is -2.19. The van der Waals surface area contributed by atoms with Crippen LogP contribution in [0, 0.1) is 0 Å². The molecule has 0 fully saturated rings. The molecule has 1 aromatic rings. The number of carbonyl (C=O) groups is 1. The maximum atomic E-state index is 13.4. The molecule has 0 radical (unpaired) electrons. The number of allylic oxidation sites excluding steroid dienone is 4. The summed E-state index contributed by atoms with van der Waals surface area (Å²) in [5, 5.41) is 3.84. The number of hydrogen-bond acceptors (Lipinski definition) is 2. The second-order valence-corrected chi connectivity index (χ2v) is 3.67. The maximum Gasteiger partial charge on any atom is 0.271 e. The maximum absolute atomic E-state index is 13.4. The van der Waals surface area contributed by atoms with Gasteiger partial charge < -0.3 is 0 Å². The van der Waals surface area contributed by atoms with Crippen LogP contribution in [-0.4, -0.2) is 11.6 Å². The Morgan fingerprint density at radius 3 is 2.42 bits per heavy atom. The fraction of sp³-hybridized carbons (Fsp3) is 0.0667. The van der Waals surface area contributed by atoms with Crippen LogP contribution in [0.15, 0.2) is 72.1 Å². The molecule has 0 saturated heterocycles. The molecule has 3 nitrogen and oxygen atoms in total. The summed E-state index contributed by atoms with van der Waals surface area (Å²) in [4.78, 5) is 11.7. The van der Waals surface area contributed by atoms with Gasteiger partial charge in [-0.3, -0.25) is 4.79 Å². The van der Waals surface area contributed by atoms with Crippen LogP contribution in [0.5, 0.6) is 0 Å². The molecular weight excluding hydrogens is 243 g/mol. The van der Waals surface area contributed by atoms with Crippen LogP contribution >= 0.6 is 0 Å². The van der Waals surface area contributed by atoms with E-state index >= 15 is 0 Å². The van der Waals surface area contributed by atoms with E-state index in [1.165, 1.54) is 6.08 Å². The topological polar surface area (TPSA) is 41.5 Å². The molecule has 0 bridgehead atoms. The molecule has 1 N–H and O–H groups in total. The molecule has 0 aliphatic rings. The number of hydrogen-bond donors (Lipinski definition) is 1. The lowest BCUT2D eigenvalue weighted by molar-refractivity contribution is 0.0955. The van der Waals surface area contributed by atoms with Gasteiger partial charge in [0.25, 0.3) is 5.91 Å². The van der Waals surface area contributed by atoms with Crippen molar-refractivity contribution in [3.05, 3.63) is 72.6 Å². The first-order chi connectivity index (χ1) is 9.10. The average molecular weight is 258 g/mol. The second-order valence-electron chi connectivity index (χ2n) is 3.67. The number of rotatable bonds is 5. The van der Waals surface area contributed by atoms with Gasteiger partial charge >= 0.3 is 0 Å². The predicted octanol–water partition coefficient (Wildman–Crippen LogP) is 3.39. The summed E-state index contributed by atoms with van der Waals surface area (Å²) in [6, 6.07) is 8.63. The van der Waals surface area contributed by atoms with E-state index in [-0.39, 0.29) is 11.5 Å². The van der Waals surface area contributed by atoms with Crippen molar-refractivity contribution in [2.75, 3.05) is 0 Å². The smallest absolute Gasteiger partial charge is 0.267 e. The molecule has 0 atom stereocenters. The molecule has 19 heavy (non-hydrogen) atoms. The minimum Gasteiger partial charge on any atom is -0.267 e. The Balaban J connectivity index is 2.85. The minimum atomic E-state index is -0.537. The highest BCUT2D eigenvalue weighted by Gasteiger charge is 2.06. The van der Waals surface area contributed by atoms with Crippen LogP contribution in [0.2, 0.25) is 0 Å². The first-order valence-electron chi connectivity index (χ1n) is 5.64. The molecule has 0 aliphatic heterocycles. The van der Waals surface area contributed by atoms with Crippen LogP contribution in [0.1, 0.15) is 17.3 Å². The van der Waals surface area contributed by atoms with Gasteiger partial charge in [0.15, 0.2) is 0 Å². The van der Waals surface area contributed by atoms with Crippen LogP contribution < -0.4 is 5.43 Å². The number of carbonyl (C=O) groups excluding carboxylic acids is 1. The van der Waals surface area contributed by atoms with Crippen molar-refractivity contribution >= 4 is 11.6 Å². The molecule has 1 amide bonds. The lowest BCUT2D eigenvalue weighted by atomic mass is 10.1. The van der Waals surface area contributed by atoms with E-state index in [0.717, 1.165) is 6.08 Å². The van der Waals surface area contributed by atoms with Crippen molar-refractivity contribution in [1.29, 1.82) is 0 Å². The zero-order chi connectivity index (χ0) is 14.3. The highest BCUT2D eigenvalue weighted by atomic mass is 19.1. The molecular formula is C15H15FN2O. The monoisotopic (exact) mass is 258 g/mol. The van der Waals surface area contributed by atoms with Gasteiger partial charge in [0, 0.05) is 11.1 Å². The van der Waals surface area contributed by atoms with Crippen molar-refractivity contribution in [2.45, 2.75) is 6.92 Å². The van der Waals surface area contributed by atoms with E-state index in [1.807, 2.05) is 6.07 Å². The Hall–Kier alpha value is -2.49. The molecule has 0 aromatic heterocycles. The molecule has 0 heterocycles. The van der Waals surface area contributed by atoms with Gasteiger partial charge in [0.2, 0.25) is 0 Å². The van der Waals surface area contributed by atoms with Crippen molar-refractivity contribution in [1.82, 2.24) is 5.43 Å². The normalized spacial score (nSPS) is 12.4. The first kappa shape index (κ1) is 14.6. The average Bonchev–Trinajstić information content (AvgIpc) is 2.46. The van der Waals surface area contributed by atoms with Gasteiger partial charge in [0.05, 0.1) is 5.71 Å². The molecule has 4 heteroatoms.